The lowest BCUT2D eigenvalue weighted by Gasteiger charge is -2.08. The van der Waals surface area contributed by atoms with Gasteiger partial charge in [-0.1, -0.05) is 11.6 Å². The number of aryl methyl sites for hydroxylation is 3. The number of fused-ring (bicyclic) bond motifs is 1. The summed E-state index contributed by atoms with van der Waals surface area (Å²) in [5.74, 6) is -0.350. The van der Waals surface area contributed by atoms with Crippen molar-refractivity contribution in [2.75, 3.05) is 0 Å². The molecular weight excluding hydrogens is 280 g/mol. The predicted octanol–water partition coefficient (Wildman–Crippen LogP) is 3.47. The third-order valence-electron chi connectivity index (χ3n) is 3.24. The quantitative estimate of drug-likeness (QED) is 0.937. The normalized spacial score (nSPS) is 10.9. The van der Waals surface area contributed by atoms with Gasteiger partial charge in [0.25, 0.3) is 0 Å². The van der Waals surface area contributed by atoms with Crippen molar-refractivity contribution in [1.82, 2.24) is 0 Å². The highest BCUT2D eigenvalue weighted by molar-refractivity contribution is 6.33. The molecule has 1 aromatic heterocycles. The lowest BCUT2D eigenvalue weighted by Crippen LogP contribution is -2.05. The van der Waals surface area contributed by atoms with E-state index in [1.165, 1.54) is 6.07 Å². The molecule has 0 radical (unpaired) electrons. The van der Waals surface area contributed by atoms with Crippen molar-refractivity contribution in [3.05, 3.63) is 44.3 Å². The van der Waals surface area contributed by atoms with Crippen LogP contribution in [0.5, 0.6) is 0 Å². The summed E-state index contributed by atoms with van der Waals surface area (Å²) >= 11 is 6.14. The zero-order valence-corrected chi connectivity index (χ0v) is 12.1. The molecule has 2 rings (SSSR count). The average molecular weight is 295 g/mol. The number of carbonyl (C=O) groups is 1. The molecular formula is C15H15ClO4. The Morgan fingerprint density at radius 2 is 2.05 bits per heavy atom. The van der Waals surface area contributed by atoms with Gasteiger partial charge in [0.05, 0.1) is 5.39 Å². The van der Waals surface area contributed by atoms with Gasteiger partial charge in [0.2, 0.25) is 0 Å². The molecule has 5 heteroatoms. The number of carboxylic acids is 1. The second-order valence-electron chi connectivity index (χ2n) is 4.83. The maximum absolute atomic E-state index is 12.1. The fourth-order valence-corrected chi connectivity index (χ4v) is 2.38. The molecule has 0 fully saturated rings. The van der Waals surface area contributed by atoms with E-state index in [2.05, 4.69) is 0 Å². The Bertz CT molecular complexity index is 731. The molecule has 0 unspecified atom stereocenters. The van der Waals surface area contributed by atoms with E-state index in [9.17, 15) is 9.59 Å². The molecule has 0 atom stereocenters. The highest BCUT2D eigenvalue weighted by Gasteiger charge is 2.12. The van der Waals surface area contributed by atoms with Gasteiger partial charge in [-0.05, 0) is 37.5 Å². The molecule has 0 bridgehead atoms. The van der Waals surface area contributed by atoms with Gasteiger partial charge in [-0.25, -0.2) is 0 Å². The number of carboxylic acid groups (broad SMARTS) is 1. The van der Waals surface area contributed by atoms with Gasteiger partial charge >= 0.3 is 5.97 Å². The summed E-state index contributed by atoms with van der Waals surface area (Å²) in [4.78, 5) is 22.6. The highest BCUT2D eigenvalue weighted by atomic mass is 35.5. The molecule has 0 aliphatic carbocycles. The van der Waals surface area contributed by atoms with E-state index in [0.29, 0.717) is 40.2 Å². The Morgan fingerprint density at radius 1 is 1.35 bits per heavy atom. The van der Waals surface area contributed by atoms with Crippen molar-refractivity contribution in [1.29, 1.82) is 0 Å². The monoisotopic (exact) mass is 294 g/mol. The van der Waals surface area contributed by atoms with Crippen LogP contribution in [0.2, 0.25) is 5.02 Å². The van der Waals surface area contributed by atoms with E-state index in [-0.39, 0.29) is 11.8 Å². The van der Waals surface area contributed by atoms with E-state index in [1.807, 2.05) is 6.92 Å². The van der Waals surface area contributed by atoms with Crippen molar-refractivity contribution in [2.24, 2.45) is 0 Å². The number of benzene rings is 1. The van der Waals surface area contributed by atoms with Gasteiger partial charge in [0.1, 0.15) is 11.3 Å². The van der Waals surface area contributed by atoms with Gasteiger partial charge in [-0.2, -0.15) is 0 Å². The zero-order valence-electron chi connectivity index (χ0n) is 11.3. The van der Waals surface area contributed by atoms with E-state index >= 15 is 0 Å². The van der Waals surface area contributed by atoms with Crippen LogP contribution in [0.15, 0.2) is 21.3 Å². The molecule has 4 nitrogen and oxygen atoms in total. The van der Waals surface area contributed by atoms with Crippen molar-refractivity contribution < 1.29 is 14.3 Å². The first-order valence-corrected chi connectivity index (χ1v) is 6.72. The Hall–Kier alpha value is -1.81. The van der Waals surface area contributed by atoms with E-state index < -0.39 is 5.97 Å². The first-order valence-electron chi connectivity index (χ1n) is 6.34. The maximum Gasteiger partial charge on any atom is 0.303 e. The van der Waals surface area contributed by atoms with Crippen LogP contribution in [-0.2, 0) is 11.2 Å². The van der Waals surface area contributed by atoms with Crippen molar-refractivity contribution in [3.63, 3.8) is 0 Å². The Morgan fingerprint density at radius 3 is 2.70 bits per heavy atom. The summed E-state index contributed by atoms with van der Waals surface area (Å²) in [6.45, 7) is 3.64. The highest BCUT2D eigenvalue weighted by Crippen LogP contribution is 2.27. The molecule has 0 saturated carbocycles. The van der Waals surface area contributed by atoms with Gasteiger partial charge < -0.3 is 9.52 Å². The van der Waals surface area contributed by atoms with Gasteiger partial charge in [0.15, 0.2) is 5.43 Å². The van der Waals surface area contributed by atoms with Crippen molar-refractivity contribution in [3.8, 4) is 0 Å². The number of hydrogen-bond acceptors (Lipinski definition) is 3. The molecule has 20 heavy (non-hydrogen) atoms. The first kappa shape index (κ1) is 14.6. The predicted molar refractivity (Wildman–Crippen MR) is 77.5 cm³/mol. The minimum Gasteiger partial charge on any atom is -0.481 e. The van der Waals surface area contributed by atoms with Crippen LogP contribution in [0, 0.1) is 13.8 Å². The number of aliphatic carboxylic acids is 1. The smallest absolute Gasteiger partial charge is 0.303 e. The van der Waals surface area contributed by atoms with Crippen LogP contribution in [0.25, 0.3) is 11.0 Å². The SMILES string of the molecule is Cc1cc2oc(CCCC(=O)O)cc(=O)c2c(C)c1Cl. The first-order chi connectivity index (χ1) is 9.40. The molecule has 0 aliphatic heterocycles. The minimum atomic E-state index is -0.855. The van der Waals surface area contributed by atoms with Crippen LogP contribution in [0.4, 0.5) is 0 Å². The second-order valence-corrected chi connectivity index (χ2v) is 5.21. The Labute approximate surface area is 121 Å². The van der Waals surface area contributed by atoms with Crippen molar-refractivity contribution >= 4 is 28.5 Å². The summed E-state index contributed by atoms with van der Waals surface area (Å²) < 4.78 is 5.69. The molecule has 1 N–H and O–H groups in total. The zero-order chi connectivity index (χ0) is 14.9. The van der Waals surface area contributed by atoms with Gasteiger partial charge in [0, 0.05) is 23.9 Å². The van der Waals surface area contributed by atoms with E-state index in [4.69, 9.17) is 21.1 Å². The van der Waals surface area contributed by atoms with E-state index in [0.717, 1.165) is 5.56 Å². The third-order valence-corrected chi connectivity index (χ3v) is 3.82. The van der Waals surface area contributed by atoms with Gasteiger partial charge in [-0.3, -0.25) is 9.59 Å². The fourth-order valence-electron chi connectivity index (χ4n) is 2.24. The minimum absolute atomic E-state index is 0.0560. The number of hydrogen-bond donors (Lipinski definition) is 1. The molecule has 1 aromatic carbocycles. The third kappa shape index (κ3) is 2.85. The summed E-state index contributed by atoms with van der Waals surface area (Å²) in [6.07, 6.45) is 0.925. The summed E-state index contributed by atoms with van der Waals surface area (Å²) in [7, 11) is 0. The summed E-state index contributed by atoms with van der Waals surface area (Å²) in [5.41, 5.74) is 1.92. The topological polar surface area (TPSA) is 67.5 Å². The summed E-state index contributed by atoms with van der Waals surface area (Å²) in [6, 6.07) is 3.16. The average Bonchev–Trinajstić information content (AvgIpc) is 2.35. The standard InChI is InChI=1S/C15H15ClO4/c1-8-6-12-14(9(2)15(8)16)11(17)7-10(20-12)4-3-5-13(18)19/h6-7H,3-5H2,1-2H3,(H,18,19). The van der Waals surface area contributed by atoms with Gasteiger partial charge in [-0.15, -0.1) is 0 Å². The molecule has 0 saturated heterocycles. The molecule has 0 aliphatic rings. The fraction of sp³-hybridized carbons (Fsp3) is 0.333. The number of rotatable bonds is 4. The Balaban J connectivity index is 2.45. The second kappa shape index (κ2) is 5.67. The van der Waals surface area contributed by atoms with E-state index in [1.54, 1.807) is 13.0 Å². The van der Waals surface area contributed by atoms with Crippen LogP contribution in [0.1, 0.15) is 29.7 Å². The number of halogens is 1. The molecule has 106 valence electrons. The lowest BCUT2D eigenvalue weighted by atomic mass is 10.1. The van der Waals surface area contributed by atoms with Crippen LogP contribution in [0.3, 0.4) is 0 Å². The Kier molecular flexibility index (Phi) is 4.14. The lowest BCUT2D eigenvalue weighted by molar-refractivity contribution is -0.137. The van der Waals surface area contributed by atoms with Crippen molar-refractivity contribution in [2.45, 2.75) is 33.1 Å². The largest absolute Gasteiger partial charge is 0.481 e. The van der Waals surface area contributed by atoms with Crippen LogP contribution in [-0.4, -0.2) is 11.1 Å². The molecule has 1 heterocycles. The van der Waals surface area contributed by atoms with Crippen LogP contribution < -0.4 is 5.43 Å². The van der Waals surface area contributed by atoms with Crippen LogP contribution >= 0.6 is 11.6 Å². The molecule has 0 amide bonds. The maximum atomic E-state index is 12.1. The summed E-state index contributed by atoms with van der Waals surface area (Å²) in [5, 5.41) is 9.68. The molecule has 0 spiro atoms. The molecule has 2 aromatic rings.